The van der Waals surface area contributed by atoms with Gasteiger partial charge in [-0.15, -0.1) is 0 Å². The van der Waals surface area contributed by atoms with Gasteiger partial charge in [-0.1, -0.05) is 18.2 Å². The van der Waals surface area contributed by atoms with Crippen LogP contribution in [0.1, 0.15) is 18.4 Å². The summed E-state index contributed by atoms with van der Waals surface area (Å²) >= 11 is 0. The Labute approximate surface area is 99.9 Å². The number of H-pyrrole nitrogens is 1. The van der Waals surface area contributed by atoms with Crippen molar-refractivity contribution in [1.82, 2.24) is 10.3 Å². The van der Waals surface area contributed by atoms with Gasteiger partial charge in [-0.25, -0.2) is 0 Å². The van der Waals surface area contributed by atoms with Crippen molar-refractivity contribution in [2.45, 2.75) is 25.3 Å². The molecule has 1 unspecified atom stereocenters. The largest absolute Gasteiger partial charge is 0.322 e. The normalized spacial score (nSPS) is 19.9. The van der Waals surface area contributed by atoms with Crippen molar-refractivity contribution in [3.05, 3.63) is 46.2 Å². The van der Waals surface area contributed by atoms with E-state index in [0.29, 0.717) is 6.04 Å². The summed E-state index contributed by atoms with van der Waals surface area (Å²) in [5.74, 6) is 0. The third kappa shape index (κ3) is 2.11. The summed E-state index contributed by atoms with van der Waals surface area (Å²) in [5.41, 5.74) is 1.86. The van der Waals surface area contributed by atoms with Crippen LogP contribution in [0.4, 0.5) is 0 Å². The summed E-state index contributed by atoms with van der Waals surface area (Å²) in [7, 11) is 0. The Morgan fingerprint density at radius 3 is 3.00 bits per heavy atom. The third-order valence-corrected chi connectivity index (χ3v) is 3.46. The molecule has 0 spiro atoms. The molecule has 0 bridgehead atoms. The predicted octanol–water partition coefficient (Wildman–Crippen LogP) is 1.82. The lowest BCUT2D eigenvalue weighted by molar-refractivity contribution is 0.600. The first-order chi connectivity index (χ1) is 8.33. The molecular weight excluding hydrogens is 212 g/mol. The van der Waals surface area contributed by atoms with Crippen LogP contribution in [0.15, 0.2) is 35.1 Å². The van der Waals surface area contributed by atoms with E-state index in [1.807, 2.05) is 30.3 Å². The molecule has 17 heavy (non-hydrogen) atoms. The van der Waals surface area contributed by atoms with Crippen LogP contribution in [0.5, 0.6) is 0 Å². The maximum absolute atomic E-state index is 11.9. The molecule has 88 valence electrons. The van der Waals surface area contributed by atoms with Crippen LogP contribution >= 0.6 is 0 Å². The lowest BCUT2D eigenvalue weighted by Gasteiger charge is -2.09. The first-order valence-electron chi connectivity index (χ1n) is 6.17. The summed E-state index contributed by atoms with van der Waals surface area (Å²) in [5, 5.41) is 4.54. The molecule has 3 heteroatoms. The van der Waals surface area contributed by atoms with Crippen LogP contribution in [0.3, 0.4) is 0 Å². The van der Waals surface area contributed by atoms with E-state index in [2.05, 4.69) is 10.3 Å². The molecule has 1 atom stereocenters. The highest BCUT2D eigenvalue weighted by Crippen LogP contribution is 2.14. The summed E-state index contributed by atoms with van der Waals surface area (Å²) in [6.07, 6.45) is 3.22. The van der Waals surface area contributed by atoms with Gasteiger partial charge in [0.25, 0.3) is 5.56 Å². The SMILES string of the molecule is O=c1[nH]c2ccccc2cc1CC1CCCN1. The molecule has 1 aliphatic rings. The van der Waals surface area contributed by atoms with E-state index in [1.165, 1.54) is 12.8 Å². The van der Waals surface area contributed by atoms with Gasteiger partial charge in [0.1, 0.15) is 0 Å². The van der Waals surface area contributed by atoms with Crippen molar-refractivity contribution in [2.24, 2.45) is 0 Å². The van der Waals surface area contributed by atoms with Crippen molar-refractivity contribution in [2.75, 3.05) is 6.54 Å². The van der Waals surface area contributed by atoms with Crippen LogP contribution < -0.4 is 10.9 Å². The van der Waals surface area contributed by atoms with Crippen molar-refractivity contribution >= 4 is 10.9 Å². The van der Waals surface area contributed by atoms with Gasteiger partial charge >= 0.3 is 0 Å². The second-order valence-electron chi connectivity index (χ2n) is 4.71. The third-order valence-electron chi connectivity index (χ3n) is 3.46. The van der Waals surface area contributed by atoms with E-state index in [1.54, 1.807) is 0 Å². The molecule has 0 radical (unpaired) electrons. The average molecular weight is 228 g/mol. The van der Waals surface area contributed by atoms with Gasteiger partial charge in [0.2, 0.25) is 0 Å². The number of rotatable bonds is 2. The van der Waals surface area contributed by atoms with Crippen LogP contribution in [-0.2, 0) is 6.42 Å². The second kappa shape index (κ2) is 4.34. The highest BCUT2D eigenvalue weighted by Gasteiger charge is 2.16. The van der Waals surface area contributed by atoms with Gasteiger partial charge in [-0.2, -0.15) is 0 Å². The van der Waals surface area contributed by atoms with Crippen molar-refractivity contribution < 1.29 is 0 Å². The van der Waals surface area contributed by atoms with Crippen LogP contribution in [0, 0.1) is 0 Å². The number of hydrogen-bond acceptors (Lipinski definition) is 2. The number of benzene rings is 1. The zero-order chi connectivity index (χ0) is 11.7. The minimum atomic E-state index is 0.0531. The highest BCUT2D eigenvalue weighted by atomic mass is 16.1. The quantitative estimate of drug-likeness (QED) is 0.823. The fraction of sp³-hybridized carbons (Fsp3) is 0.357. The number of aromatic amines is 1. The van der Waals surface area contributed by atoms with E-state index in [9.17, 15) is 4.79 Å². The molecule has 1 fully saturated rings. The summed E-state index contributed by atoms with van der Waals surface area (Å²) in [4.78, 5) is 14.9. The number of para-hydroxylation sites is 1. The first kappa shape index (κ1) is 10.5. The molecule has 0 aliphatic carbocycles. The van der Waals surface area contributed by atoms with Gasteiger partial charge in [0, 0.05) is 17.1 Å². The molecular formula is C14H16N2O. The fourth-order valence-electron chi connectivity index (χ4n) is 2.54. The highest BCUT2D eigenvalue weighted by molar-refractivity contribution is 5.78. The van der Waals surface area contributed by atoms with Crippen molar-refractivity contribution in [3.8, 4) is 0 Å². The van der Waals surface area contributed by atoms with E-state index in [0.717, 1.165) is 29.4 Å². The smallest absolute Gasteiger partial charge is 0.251 e. The zero-order valence-electron chi connectivity index (χ0n) is 9.70. The number of aromatic nitrogens is 1. The molecule has 2 aromatic rings. The molecule has 3 rings (SSSR count). The Bertz CT molecular complexity index is 582. The summed E-state index contributed by atoms with van der Waals surface area (Å²) < 4.78 is 0. The fourth-order valence-corrected chi connectivity index (χ4v) is 2.54. The predicted molar refractivity (Wildman–Crippen MR) is 69.3 cm³/mol. The van der Waals surface area contributed by atoms with Gasteiger partial charge < -0.3 is 10.3 Å². The standard InChI is InChI=1S/C14H16N2O/c17-14-11(9-12-5-3-7-15-12)8-10-4-1-2-6-13(10)16-14/h1-2,4,6,8,12,15H,3,5,7,9H2,(H,16,17). The molecule has 1 saturated heterocycles. The summed E-state index contributed by atoms with van der Waals surface area (Å²) in [6.45, 7) is 1.08. The maximum Gasteiger partial charge on any atom is 0.251 e. The molecule has 1 aromatic heterocycles. The van der Waals surface area contributed by atoms with Gasteiger partial charge in [-0.3, -0.25) is 4.79 Å². The molecule has 0 saturated carbocycles. The Hall–Kier alpha value is -1.61. The van der Waals surface area contributed by atoms with Crippen molar-refractivity contribution in [3.63, 3.8) is 0 Å². The number of fused-ring (bicyclic) bond motifs is 1. The number of pyridine rings is 1. The maximum atomic E-state index is 11.9. The van der Waals surface area contributed by atoms with Crippen LogP contribution in [0.25, 0.3) is 10.9 Å². The zero-order valence-corrected chi connectivity index (χ0v) is 9.70. The van der Waals surface area contributed by atoms with Gasteiger partial charge in [-0.05, 0) is 43.3 Å². The molecule has 1 aromatic carbocycles. The second-order valence-corrected chi connectivity index (χ2v) is 4.71. The molecule has 2 N–H and O–H groups in total. The Kier molecular flexibility index (Phi) is 2.69. The van der Waals surface area contributed by atoms with Crippen LogP contribution in [-0.4, -0.2) is 17.6 Å². The van der Waals surface area contributed by atoms with Gasteiger partial charge in [0.05, 0.1) is 0 Å². The molecule has 0 amide bonds. The number of hydrogen-bond donors (Lipinski definition) is 2. The molecule has 2 heterocycles. The number of nitrogens with one attached hydrogen (secondary N) is 2. The van der Waals surface area contributed by atoms with Crippen molar-refractivity contribution in [1.29, 1.82) is 0 Å². The van der Waals surface area contributed by atoms with Crippen LogP contribution in [0.2, 0.25) is 0 Å². The summed E-state index contributed by atoms with van der Waals surface area (Å²) in [6, 6.07) is 10.4. The lowest BCUT2D eigenvalue weighted by atomic mass is 10.0. The Morgan fingerprint density at radius 1 is 1.29 bits per heavy atom. The topological polar surface area (TPSA) is 44.9 Å². The van der Waals surface area contributed by atoms with Gasteiger partial charge in [0.15, 0.2) is 0 Å². The van der Waals surface area contributed by atoms with E-state index >= 15 is 0 Å². The Balaban J connectivity index is 1.98. The minimum Gasteiger partial charge on any atom is -0.322 e. The van der Waals surface area contributed by atoms with E-state index < -0.39 is 0 Å². The monoisotopic (exact) mass is 228 g/mol. The average Bonchev–Trinajstić information content (AvgIpc) is 2.83. The lowest BCUT2D eigenvalue weighted by Crippen LogP contribution is -2.27. The van der Waals surface area contributed by atoms with E-state index in [-0.39, 0.29) is 5.56 Å². The van der Waals surface area contributed by atoms with E-state index in [4.69, 9.17) is 0 Å². The first-order valence-corrected chi connectivity index (χ1v) is 6.17. The Morgan fingerprint density at radius 2 is 2.18 bits per heavy atom. The molecule has 3 nitrogen and oxygen atoms in total. The molecule has 1 aliphatic heterocycles. The minimum absolute atomic E-state index is 0.0531.